The van der Waals surface area contributed by atoms with Gasteiger partial charge in [0.1, 0.15) is 6.04 Å². The molecule has 24 heavy (non-hydrogen) atoms. The van der Waals surface area contributed by atoms with Crippen LogP contribution in [0.25, 0.3) is 11.4 Å². The zero-order chi connectivity index (χ0) is 16.4. The monoisotopic (exact) mass is 340 g/mol. The van der Waals surface area contributed by atoms with Crippen molar-refractivity contribution in [3.63, 3.8) is 0 Å². The van der Waals surface area contributed by atoms with E-state index in [-0.39, 0.29) is 11.9 Å². The highest BCUT2D eigenvalue weighted by molar-refractivity contribution is 7.10. The summed E-state index contributed by atoms with van der Waals surface area (Å²) in [6, 6.07) is 7.50. The molecule has 1 unspecified atom stereocenters. The van der Waals surface area contributed by atoms with E-state index in [1.807, 2.05) is 34.5 Å². The molecule has 7 heteroatoms. The number of carbonyl (C=O) groups is 1. The molecule has 1 saturated heterocycles. The summed E-state index contributed by atoms with van der Waals surface area (Å²) in [6.07, 6.45) is 5.62. The Balaban J connectivity index is 1.53. The highest BCUT2D eigenvalue weighted by atomic mass is 32.1. The fourth-order valence-corrected chi connectivity index (χ4v) is 3.67. The molecule has 4 heterocycles. The van der Waals surface area contributed by atoms with Gasteiger partial charge in [-0.05, 0) is 36.4 Å². The number of hydrogen-bond donors (Lipinski definition) is 0. The Bertz CT molecular complexity index is 816. The van der Waals surface area contributed by atoms with Crippen molar-refractivity contribution in [2.24, 2.45) is 0 Å². The van der Waals surface area contributed by atoms with Crippen LogP contribution < -0.4 is 0 Å². The minimum absolute atomic E-state index is 0.114. The molecule has 1 aliphatic rings. The first-order chi connectivity index (χ1) is 11.8. The topological polar surface area (TPSA) is 72.1 Å². The van der Waals surface area contributed by atoms with E-state index >= 15 is 0 Å². The van der Waals surface area contributed by atoms with Crippen molar-refractivity contribution in [1.29, 1.82) is 0 Å². The third-order valence-corrected chi connectivity index (χ3v) is 5.02. The Morgan fingerprint density at radius 2 is 2.21 bits per heavy atom. The number of hydrogen-bond acceptors (Lipinski definition) is 6. The number of rotatable bonds is 4. The van der Waals surface area contributed by atoms with E-state index < -0.39 is 0 Å². The van der Waals surface area contributed by atoms with Crippen LogP contribution in [0, 0.1) is 0 Å². The Morgan fingerprint density at radius 1 is 1.33 bits per heavy atom. The van der Waals surface area contributed by atoms with Crippen LogP contribution in [-0.4, -0.2) is 32.5 Å². The number of nitrogens with zero attached hydrogens (tertiary/aromatic N) is 4. The summed E-state index contributed by atoms with van der Waals surface area (Å²) in [7, 11) is 0. The molecule has 0 bridgehead atoms. The maximum absolute atomic E-state index is 12.6. The van der Waals surface area contributed by atoms with Crippen molar-refractivity contribution in [1.82, 2.24) is 20.0 Å². The maximum Gasteiger partial charge on any atom is 0.249 e. The van der Waals surface area contributed by atoms with Gasteiger partial charge in [0, 0.05) is 29.4 Å². The Labute approximate surface area is 143 Å². The van der Waals surface area contributed by atoms with Gasteiger partial charge in [-0.15, -0.1) is 11.3 Å². The van der Waals surface area contributed by atoms with Crippen LogP contribution in [0.1, 0.15) is 29.7 Å². The Kier molecular flexibility index (Phi) is 4.08. The highest BCUT2D eigenvalue weighted by Crippen LogP contribution is 2.32. The summed E-state index contributed by atoms with van der Waals surface area (Å²) >= 11 is 1.60. The van der Waals surface area contributed by atoms with E-state index in [0.717, 1.165) is 29.8 Å². The van der Waals surface area contributed by atoms with Crippen LogP contribution in [0.3, 0.4) is 0 Å². The van der Waals surface area contributed by atoms with Gasteiger partial charge in [-0.3, -0.25) is 9.78 Å². The van der Waals surface area contributed by atoms with Gasteiger partial charge in [-0.25, -0.2) is 0 Å². The zero-order valence-electron chi connectivity index (χ0n) is 13.0. The van der Waals surface area contributed by atoms with Crippen LogP contribution in [0.4, 0.5) is 0 Å². The van der Waals surface area contributed by atoms with Gasteiger partial charge in [0.05, 0.1) is 6.42 Å². The molecule has 3 aromatic heterocycles. The molecule has 1 atom stereocenters. The third kappa shape index (κ3) is 2.94. The summed E-state index contributed by atoms with van der Waals surface area (Å²) in [6.45, 7) is 0.738. The summed E-state index contributed by atoms with van der Waals surface area (Å²) in [4.78, 5) is 24.0. The summed E-state index contributed by atoms with van der Waals surface area (Å²) in [5.74, 6) is 1.16. The number of pyridine rings is 1. The van der Waals surface area contributed by atoms with E-state index in [2.05, 4.69) is 15.1 Å². The van der Waals surface area contributed by atoms with E-state index in [1.54, 1.807) is 23.7 Å². The lowest BCUT2D eigenvalue weighted by Crippen LogP contribution is -2.31. The fraction of sp³-hybridized carbons (Fsp3) is 0.294. The molecule has 0 aromatic carbocycles. The molecule has 0 aliphatic carbocycles. The van der Waals surface area contributed by atoms with Crippen molar-refractivity contribution in [3.05, 3.63) is 52.8 Å². The molecule has 122 valence electrons. The third-order valence-electron chi connectivity index (χ3n) is 4.14. The zero-order valence-corrected chi connectivity index (χ0v) is 13.8. The summed E-state index contributed by atoms with van der Waals surface area (Å²) in [5.41, 5.74) is 0.856. The van der Waals surface area contributed by atoms with E-state index in [9.17, 15) is 4.79 Å². The molecule has 4 rings (SSSR count). The standard InChI is InChI=1S/C17H16N4O2S/c22-15(11-13-3-2-10-24-13)21-9-1-4-14(21)17-19-16(20-23-17)12-5-7-18-8-6-12/h2-3,5-8,10,14H,1,4,9,11H2. The van der Waals surface area contributed by atoms with Gasteiger partial charge < -0.3 is 9.42 Å². The first-order valence-electron chi connectivity index (χ1n) is 7.87. The molecule has 0 saturated carbocycles. The van der Waals surface area contributed by atoms with Crippen molar-refractivity contribution < 1.29 is 9.32 Å². The number of likely N-dealkylation sites (tertiary alicyclic amines) is 1. The SMILES string of the molecule is O=C(Cc1cccs1)N1CCCC1c1nc(-c2ccncc2)no1. The molecular formula is C17H16N4O2S. The molecule has 0 spiro atoms. The lowest BCUT2D eigenvalue weighted by Gasteiger charge is -2.21. The van der Waals surface area contributed by atoms with E-state index in [1.165, 1.54) is 0 Å². The molecule has 1 aliphatic heterocycles. The number of amides is 1. The summed E-state index contributed by atoms with van der Waals surface area (Å²) < 4.78 is 5.45. The number of carbonyl (C=O) groups excluding carboxylic acids is 1. The molecule has 1 fully saturated rings. The van der Waals surface area contributed by atoms with E-state index in [4.69, 9.17) is 4.52 Å². The van der Waals surface area contributed by atoms with Crippen molar-refractivity contribution in [2.75, 3.05) is 6.54 Å². The number of thiophene rings is 1. The second-order valence-corrected chi connectivity index (χ2v) is 6.73. The number of aromatic nitrogens is 3. The van der Waals surface area contributed by atoms with Crippen LogP contribution >= 0.6 is 11.3 Å². The predicted octanol–water partition coefficient (Wildman–Crippen LogP) is 3.10. The minimum Gasteiger partial charge on any atom is -0.337 e. The van der Waals surface area contributed by atoms with Crippen LogP contribution in [0.15, 0.2) is 46.6 Å². The lowest BCUT2D eigenvalue weighted by atomic mass is 10.2. The smallest absolute Gasteiger partial charge is 0.249 e. The molecule has 1 amide bonds. The molecule has 0 N–H and O–H groups in total. The van der Waals surface area contributed by atoms with Crippen LogP contribution in [-0.2, 0) is 11.2 Å². The second-order valence-electron chi connectivity index (χ2n) is 5.69. The van der Waals surface area contributed by atoms with Gasteiger partial charge in [-0.2, -0.15) is 4.98 Å². The normalized spacial score (nSPS) is 17.3. The average molecular weight is 340 g/mol. The average Bonchev–Trinajstić information content (AvgIpc) is 3.36. The van der Waals surface area contributed by atoms with Gasteiger partial charge in [0.15, 0.2) is 0 Å². The van der Waals surface area contributed by atoms with Gasteiger partial charge in [0.2, 0.25) is 17.6 Å². The quantitative estimate of drug-likeness (QED) is 0.730. The van der Waals surface area contributed by atoms with Gasteiger partial charge >= 0.3 is 0 Å². The first kappa shape index (κ1) is 15.0. The minimum atomic E-state index is -0.124. The molecule has 6 nitrogen and oxygen atoms in total. The van der Waals surface area contributed by atoms with Crippen LogP contribution in [0.2, 0.25) is 0 Å². The Morgan fingerprint density at radius 3 is 3.00 bits per heavy atom. The van der Waals surface area contributed by atoms with E-state index in [0.29, 0.717) is 18.1 Å². The molecule has 3 aromatic rings. The first-order valence-corrected chi connectivity index (χ1v) is 8.75. The predicted molar refractivity (Wildman–Crippen MR) is 89.2 cm³/mol. The largest absolute Gasteiger partial charge is 0.337 e. The molecule has 0 radical (unpaired) electrons. The van der Waals surface area contributed by atoms with Crippen molar-refractivity contribution in [3.8, 4) is 11.4 Å². The van der Waals surface area contributed by atoms with Crippen molar-refractivity contribution >= 4 is 17.2 Å². The fourth-order valence-electron chi connectivity index (χ4n) is 2.97. The lowest BCUT2D eigenvalue weighted by molar-refractivity contribution is -0.131. The van der Waals surface area contributed by atoms with Crippen molar-refractivity contribution in [2.45, 2.75) is 25.3 Å². The molecular weight excluding hydrogens is 324 g/mol. The van der Waals surface area contributed by atoms with Gasteiger partial charge in [0.25, 0.3) is 0 Å². The maximum atomic E-state index is 12.6. The highest BCUT2D eigenvalue weighted by Gasteiger charge is 2.34. The van der Waals surface area contributed by atoms with Gasteiger partial charge in [-0.1, -0.05) is 11.2 Å². The Hall–Kier alpha value is -2.54. The summed E-state index contributed by atoms with van der Waals surface area (Å²) in [5, 5.41) is 6.04. The second kappa shape index (κ2) is 6.52. The van der Waals surface area contributed by atoms with Crippen LogP contribution in [0.5, 0.6) is 0 Å².